The summed E-state index contributed by atoms with van der Waals surface area (Å²) in [5, 5.41) is 0. The number of likely N-dealkylation sites (N-methyl/N-ethyl adjacent to an activating group) is 1. The van der Waals surface area contributed by atoms with Gasteiger partial charge in [0.2, 0.25) is 0 Å². The molecule has 0 N–H and O–H groups in total. The summed E-state index contributed by atoms with van der Waals surface area (Å²) in [7, 11) is 4.08. The summed E-state index contributed by atoms with van der Waals surface area (Å²) in [5.41, 5.74) is 6.73. The van der Waals surface area contributed by atoms with Crippen molar-refractivity contribution in [3.05, 3.63) is 71.6 Å². The highest BCUT2D eigenvalue weighted by Gasteiger charge is 2.40. The van der Waals surface area contributed by atoms with Gasteiger partial charge in [0, 0.05) is 38.5 Å². The second-order valence-electron chi connectivity index (χ2n) is 9.57. The molecule has 3 heteroatoms. The van der Waals surface area contributed by atoms with E-state index in [1.807, 2.05) is 13.1 Å². The summed E-state index contributed by atoms with van der Waals surface area (Å²) in [6.07, 6.45) is 12.4. The molecule has 1 aromatic carbocycles. The number of hydrogen-bond donors (Lipinski definition) is 0. The standard InChI is InChI=1S/C28H41N3/c1-8-12-24-16-21(3)17-25(18-24)28(14-10-11-15-28)19-27(29-6)31-20-22(4)30(7)23(5)26(31)13-9-2/h9,13,16-18,22H,2,5,8,10-12,14-15,19-20H2,1,3-4,6-7H3/b26-13-,29-27-. The third kappa shape index (κ3) is 4.81. The summed E-state index contributed by atoms with van der Waals surface area (Å²) in [6.45, 7) is 16.0. The van der Waals surface area contributed by atoms with Crippen LogP contribution in [0.4, 0.5) is 0 Å². The van der Waals surface area contributed by atoms with Crippen LogP contribution in [-0.4, -0.2) is 42.3 Å². The van der Waals surface area contributed by atoms with Gasteiger partial charge < -0.3 is 9.80 Å². The van der Waals surface area contributed by atoms with E-state index in [-0.39, 0.29) is 5.41 Å². The zero-order valence-corrected chi connectivity index (χ0v) is 20.4. The highest BCUT2D eigenvalue weighted by atomic mass is 15.3. The molecule has 2 fully saturated rings. The first-order valence-corrected chi connectivity index (χ1v) is 11.9. The van der Waals surface area contributed by atoms with Crippen molar-refractivity contribution in [1.29, 1.82) is 0 Å². The number of amidine groups is 1. The molecule has 3 rings (SSSR count). The van der Waals surface area contributed by atoms with Crippen LogP contribution in [0, 0.1) is 6.92 Å². The van der Waals surface area contributed by atoms with Crippen LogP contribution >= 0.6 is 0 Å². The lowest BCUT2D eigenvalue weighted by Gasteiger charge is -2.45. The van der Waals surface area contributed by atoms with Crippen LogP contribution in [0.3, 0.4) is 0 Å². The van der Waals surface area contributed by atoms with E-state index in [1.54, 1.807) is 0 Å². The van der Waals surface area contributed by atoms with Gasteiger partial charge in [-0.2, -0.15) is 0 Å². The van der Waals surface area contributed by atoms with Gasteiger partial charge in [0.15, 0.2) is 0 Å². The van der Waals surface area contributed by atoms with Crippen LogP contribution in [0.25, 0.3) is 0 Å². The molecule has 0 spiro atoms. The van der Waals surface area contributed by atoms with Crippen LogP contribution in [0.5, 0.6) is 0 Å². The smallest absolute Gasteiger partial charge is 0.104 e. The van der Waals surface area contributed by atoms with Gasteiger partial charge in [0.05, 0.1) is 11.4 Å². The van der Waals surface area contributed by atoms with Gasteiger partial charge in [-0.3, -0.25) is 4.99 Å². The average molecular weight is 420 g/mol. The Morgan fingerprint density at radius 1 is 1.26 bits per heavy atom. The topological polar surface area (TPSA) is 18.8 Å². The highest BCUT2D eigenvalue weighted by Crippen LogP contribution is 2.45. The Morgan fingerprint density at radius 3 is 2.58 bits per heavy atom. The van der Waals surface area contributed by atoms with Crippen molar-refractivity contribution in [2.75, 3.05) is 20.6 Å². The molecule has 3 nitrogen and oxygen atoms in total. The Labute approximate surface area is 190 Å². The number of hydrogen-bond acceptors (Lipinski definition) is 2. The van der Waals surface area contributed by atoms with Gasteiger partial charge in [0.1, 0.15) is 5.84 Å². The largest absolute Gasteiger partial charge is 0.369 e. The van der Waals surface area contributed by atoms with E-state index in [0.29, 0.717) is 6.04 Å². The van der Waals surface area contributed by atoms with Gasteiger partial charge in [-0.25, -0.2) is 0 Å². The molecule has 1 unspecified atom stereocenters. The zero-order valence-electron chi connectivity index (χ0n) is 20.4. The third-order valence-corrected chi connectivity index (χ3v) is 7.31. The van der Waals surface area contributed by atoms with E-state index >= 15 is 0 Å². The van der Waals surface area contributed by atoms with Crippen molar-refractivity contribution < 1.29 is 0 Å². The Bertz CT molecular complexity index is 870. The molecule has 2 aliphatic rings. The Morgan fingerprint density at radius 2 is 1.97 bits per heavy atom. The molecule has 0 amide bonds. The van der Waals surface area contributed by atoms with Crippen LogP contribution < -0.4 is 0 Å². The fourth-order valence-corrected chi connectivity index (χ4v) is 5.45. The molecule has 0 bridgehead atoms. The van der Waals surface area contributed by atoms with Crippen molar-refractivity contribution >= 4 is 5.84 Å². The maximum atomic E-state index is 4.86. The number of aliphatic imine (C=N–C) groups is 1. The fraction of sp³-hybridized carbons (Fsp3) is 0.536. The predicted molar refractivity (Wildman–Crippen MR) is 135 cm³/mol. The van der Waals surface area contributed by atoms with Gasteiger partial charge in [-0.1, -0.05) is 69.2 Å². The number of aryl methyl sites for hydroxylation is 2. The first kappa shape index (κ1) is 23.4. The summed E-state index contributed by atoms with van der Waals surface area (Å²) in [6, 6.07) is 7.67. The quantitative estimate of drug-likeness (QED) is 0.392. The predicted octanol–water partition coefficient (Wildman–Crippen LogP) is 6.40. The number of allylic oxidation sites excluding steroid dienone is 2. The third-order valence-electron chi connectivity index (χ3n) is 7.31. The molecule has 1 aromatic rings. The fourth-order valence-electron chi connectivity index (χ4n) is 5.45. The van der Waals surface area contributed by atoms with Gasteiger partial charge in [-0.05, 0) is 50.3 Å². The van der Waals surface area contributed by atoms with Crippen molar-refractivity contribution in [2.45, 2.75) is 77.2 Å². The Kier molecular flexibility index (Phi) is 7.46. The van der Waals surface area contributed by atoms with Crippen molar-refractivity contribution in [3.63, 3.8) is 0 Å². The molecule has 1 saturated heterocycles. The maximum absolute atomic E-state index is 4.86. The molecule has 0 aromatic heterocycles. The molecule has 1 aliphatic carbocycles. The molecule has 1 saturated carbocycles. The molecule has 1 atom stereocenters. The first-order valence-electron chi connectivity index (χ1n) is 11.9. The van der Waals surface area contributed by atoms with Crippen LogP contribution in [-0.2, 0) is 11.8 Å². The van der Waals surface area contributed by atoms with E-state index < -0.39 is 0 Å². The normalized spacial score (nSPS) is 23.0. The Balaban J connectivity index is 1.99. The molecular weight excluding hydrogens is 378 g/mol. The van der Waals surface area contributed by atoms with Gasteiger partial charge in [0.25, 0.3) is 0 Å². The number of piperazine rings is 1. The second kappa shape index (κ2) is 9.89. The summed E-state index contributed by atoms with van der Waals surface area (Å²) in [4.78, 5) is 9.53. The minimum Gasteiger partial charge on any atom is -0.369 e. The van der Waals surface area contributed by atoms with Crippen LogP contribution in [0.2, 0.25) is 0 Å². The van der Waals surface area contributed by atoms with E-state index in [1.165, 1.54) is 54.6 Å². The zero-order chi connectivity index (χ0) is 22.6. The lowest BCUT2D eigenvalue weighted by Crippen LogP contribution is -2.50. The minimum absolute atomic E-state index is 0.177. The molecule has 1 heterocycles. The second-order valence-corrected chi connectivity index (χ2v) is 9.57. The van der Waals surface area contributed by atoms with Gasteiger partial charge >= 0.3 is 0 Å². The minimum atomic E-state index is 0.177. The lowest BCUT2D eigenvalue weighted by molar-refractivity contribution is 0.232. The molecule has 31 heavy (non-hydrogen) atoms. The Hall–Kier alpha value is -2.29. The number of nitrogens with zero attached hydrogens (tertiary/aromatic N) is 3. The molecule has 168 valence electrons. The van der Waals surface area contributed by atoms with Crippen LogP contribution in [0.1, 0.15) is 69.1 Å². The maximum Gasteiger partial charge on any atom is 0.104 e. The number of benzene rings is 1. The van der Waals surface area contributed by atoms with E-state index in [0.717, 1.165) is 30.8 Å². The number of rotatable bonds is 6. The SMILES string of the molecule is C=C/C=C1/C(=C)N(C)C(C)CN1/C(CC1(c2cc(C)cc(CCC)c2)CCCC1)=N\C. The van der Waals surface area contributed by atoms with E-state index in [9.17, 15) is 0 Å². The van der Waals surface area contributed by atoms with E-state index in [4.69, 9.17) is 4.99 Å². The summed E-state index contributed by atoms with van der Waals surface area (Å²) in [5.74, 6) is 1.18. The van der Waals surface area contributed by atoms with E-state index in [2.05, 4.69) is 75.1 Å². The summed E-state index contributed by atoms with van der Waals surface area (Å²) >= 11 is 0. The molecule has 0 radical (unpaired) electrons. The van der Waals surface area contributed by atoms with Crippen LogP contribution in [0.15, 0.2) is 59.9 Å². The van der Waals surface area contributed by atoms with Gasteiger partial charge in [-0.15, -0.1) is 0 Å². The molecule has 1 aliphatic heterocycles. The average Bonchev–Trinajstić information content (AvgIpc) is 3.22. The van der Waals surface area contributed by atoms with Crippen molar-refractivity contribution in [3.8, 4) is 0 Å². The molecular formula is C28H41N3. The summed E-state index contributed by atoms with van der Waals surface area (Å²) < 4.78 is 0. The first-order chi connectivity index (χ1) is 14.8. The van der Waals surface area contributed by atoms with Crippen molar-refractivity contribution in [2.24, 2.45) is 4.99 Å². The highest BCUT2D eigenvalue weighted by molar-refractivity contribution is 5.86. The van der Waals surface area contributed by atoms with Crippen molar-refractivity contribution in [1.82, 2.24) is 9.80 Å². The lowest BCUT2D eigenvalue weighted by atomic mass is 9.74. The monoisotopic (exact) mass is 419 g/mol.